The van der Waals surface area contributed by atoms with Crippen LogP contribution in [0.4, 0.5) is 0 Å². The lowest BCUT2D eigenvalue weighted by Crippen LogP contribution is -2.53. The number of nitrogens with zero attached hydrogens (tertiary/aromatic N) is 1. The number of aldehydes is 1. The second-order valence-electron chi connectivity index (χ2n) is 4.77. The SMILES string of the molecule is C[C@H](NC(=O)C(N)CN)C(=O)N[C@H](C=O)CCCN=C(N)N. The molecule has 0 aliphatic carbocycles. The smallest absolute Gasteiger partial charge is 0.242 e. The Kier molecular flexibility index (Phi) is 9.46. The van der Waals surface area contributed by atoms with Crippen LogP contribution in [0.25, 0.3) is 0 Å². The topological polar surface area (TPSA) is 192 Å². The van der Waals surface area contributed by atoms with Gasteiger partial charge in [-0.05, 0) is 19.8 Å². The van der Waals surface area contributed by atoms with Crippen LogP contribution in [-0.2, 0) is 14.4 Å². The highest BCUT2D eigenvalue weighted by molar-refractivity contribution is 5.90. The number of carbonyl (C=O) groups excluding carboxylic acids is 3. The third kappa shape index (κ3) is 8.17. The highest BCUT2D eigenvalue weighted by Crippen LogP contribution is 1.97. The molecule has 0 aromatic carbocycles. The van der Waals surface area contributed by atoms with Crippen LogP contribution in [0.15, 0.2) is 4.99 Å². The Labute approximate surface area is 129 Å². The Bertz CT molecular complexity index is 410. The summed E-state index contributed by atoms with van der Waals surface area (Å²) in [4.78, 5) is 38.1. The van der Waals surface area contributed by atoms with Gasteiger partial charge in [0.15, 0.2) is 5.96 Å². The summed E-state index contributed by atoms with van der Waals surface area (Å²) in [6, 6.07) is -2.38. The minimum Gasteiger partial charge on any atom is -0.370 e. The molecular formula is C12H25N7O3. The van der Waals surface area contributed by atoms with E-state index in [9.17, 15) is 14.4 Å². The maximum atomic E-state index is 11.9. The monoisotopic (exact) mass is 315 g/mol. The second kappa shape index (κ2) is 10.5. The van der Waals surface area contributed by atoms with E-state index < -0.39 is 29.9 Å². The molecule has 0 aliphatic rings. The fraction of sp³-hybridized carbons (Fsp3) is 0.667. The molecule has 0 aromatic rings. The number of guanidine groups is 1. The highest BCUT2D eigenvalue weighted by atomic mass is 16.2. The zero-order valence-electron chi connectivity index (χ0n) is 12.6. The molecule has 3 atom stereocenters. The molecule has 10 N–H and O–H groups in total. The number of hydrogen-bond donors (Lipinski definition) is 6. The molecule has 0 spiro atoms. The predicted octanol–water partition coefficient (Wildman–Crippen LogP) is -3.49. The number of nitrogens with one attached hydrogen (secondary N) is 2. The summed E-state index contributed by atoms with van der Waals surface area (Å²) in [7, 11) is 0. The van der Waals surface area contributed by atoms with Crippen LogP contribution in [-0.4, -0.2) is 55.3 Å². The van der Waals surface area contributed by atoms with Gasteiger partial charge in [-0.15, -0.1) is 0 Å². The van der Waals surface area contributed by atoms with Crippen LogP contribution in [0.5, 0.6) is 0 Å². The molecule has 0 aliphatic heterocycles. The molecule has 10 nitrogen and oxygen atoms in total. The van der Waals surface area contributed by atoms with Crippen LogP contribution in [0.2, 0.25) is 0 Å². The van der Waals surface area contributed by atoms with Crippen molar-refractivity contribution in [3.05, 3.63) is 0 Å². The molecule has 0 fully saturated rings. The Morgan fingerprint density at radius 3 is 2.36 bits per heavy atom. The van der Waals surface area contributed by atoms with E-state index >= 15 is 0 Å². The lowest BCUT2D eigenvalue weighted by Gasteiger charge is -2.19. The van der Waals surface area contributed by atoms with Crippen molar-refractivity contribution in [3.8, 4) is 0 Å². The molecule has 2 amide bonds. The zero-order valence-corrected chi connectivity index (χ0v) is 12.6. The van der Waals surface area contributed by atoms with Gasteiger partial charge in [-0.1, -0.05) is 0 Å². The fourth-order valence-electron chi connectivity index (χ4n) is 1.49. The van der Waals surface area contributed by atoms with Gasteiger partial charge < -0.3 is 38.4 Å². The molecule has 0 rings (SSSR count). The average Bonchev–Trinajstić information content (AvgIpc) is 2.48. The van der Waals surface area contributed by atoms with Gasteiger partial charge in [0, 0.05) is 13.1 Å². The number of amides is 2. The van der Waals surface area contributed by atoms with E-state index in [1.54, 1.807) is 0 Å². The summed E-state index contributed by atoms with van der Waals surface area (Å²) < 4.78 is 0. The number of rotatable bonds is 10. The van der Waals surface area contributed by atoms with Gasteiger partial charge >= 0.3 is 0 Å². The highest BCUT2D eigenvalue weighted by Gasteiger charge is 2.21. The quantitative estimate of drug-likeness (QED) is 0.104. The maximum Gasteiger partial charge on any atom is 0.242 e. The molecule has 0 radical (unpaired) electrons. The van der Waals surface area contributed by atoms with Gasteiger partial charge in [0.05, 0.1) is 12.1 Å². The lowest BCUT2D eigenvalue weighted by atomic mass is 10.1. The first-order valence-corrected chi connectivity index (χ1v) is 6.88. The van der Waals surface area contributed by atoms with E-state index in [1.165, 1.54) is 6.92 Å². The second-order valence-corrected chi connectivity index (χ2v) is 4.77. The van der Waals surface area contributed by atoms with Crippen molar-refractivity contribution < 1.29 is 14.4 Å². The molecule has 22 heavy (non-hydrogen) atoms. The van der Waals surface area contributed by atoms with E-state index in [4.69, 9.17) is 22.9 Å². The van der Waals surface area contributed by atoms with E-state index in [2.05, 4.69) is 15.6 Å². The van der Waals surface area contributed by atoms with Crippen molar-refractivity contribution in [1.82, 2.24) is 10.6 Å². The largest absolute Gasteiger partial charge is 0.370 e. The molecular weight excluding hydrogens is 290 g/mol. The van der Waals surface area contributed by atoms with Gasteiger partial charge in [-0.3, -0.25) is 14.6 Å². The van der Waals surface area contributed by atoms with Gasteiger partial charge in [0.2, 0.25) is 11.8 Å². The molecule has 0 aromatic heterocycles. The Balaban J connectivity index is 4.26. The van der Waals surface area contributed by atoms with E-state index in [1.807, 2.05) is 0 Å². The Morgan fingerprint density at radius 2 is 1.86 bits per heavy atom. The van der Waals surface area contributed by atoms with Crippen LogP contribution >= 0.6 is 0 Å². The van der Waals surface area contributed by atoms with Gasteiger partial charge in [0.1, 0.15) is 12.3 Å². The Morgan fingerprint density at radius 1 is 1.23 bits per heavy atom. The fourth-order valence-corrected chi connectivity index (χ4v) is 1.49. The summed E-state index contributed by atoms with van der Waals surface area (Å²) in [5.74, 6) is -1.05. The third-order valence-corrected chi connectivity index (χ3v) is 2.80. The van der Waals surface area contributed by atoms with Crippen molar-refractivity contribution in [2.45, 2.75) is 37.9 Å². The van der Waals surface area contributed by atoms with E-state index in [0.717, 1.165) is 0 Å². The van der Waals surface area contributed by atoms with Crippen LogP contribution in [0, 0.1) is 0 Å². The zero-order chi connectivity index (χ0) is 17.1. The van der Waals surface area contributed by atoms with E-state index in [-0.39, 0.29) is 12.5 Å². The first-order valence-electron chi connectivity index (χ1n) is 6.88. The average molecular weight is 315 g/mol. The van der Waals surface area contributed by atoms with Gasteiger partial charge in [0.25, 0.3) is 0 Å². The lowest BCUT2D eigenvalue weighted by molar-refractivity contribution is -0.130. The van der Waals surface area contributed by atoms with Crippen molar-refractivity contribution in [1.29, 1.82) is 0 Å². The van der Waals surface area contributed by atoms with Crippen molar-refractivity contribution in [2.75, 3.05) is 13.1 Å². The first-order chi connectivity index (χ1) is 10.3. The third-order valence-electron chi connectivity index (χ3n) is 2.80. The molecule has 1 unspecified atom stereocenters. The molecule has 0 bridgehead atoms. The summed E-state index contributed by atoms with van der Waals surface area (Å²) in [6.07, 6.45) is 1.53. The number of nitrogens with two attached hydrogens (primary N) is 4. The number of hydrogen-bond acceptors (Lipinski definition) is 6. The Hall–Kier alpha value is -2.20. The maximum absolute atomic E-state index is 11.9. The molecule has 0 saturated carbocycles. The van der Waals surface area contributed by atoms with Crippen LogP contribution in [0.1, 0.15) is 19.8 Å². The van der Waals surface area contributed by atoms with Crippen molar-refractivity contribution in [3.63, 3.8) is 0 Å². The molecule has 0 saturated heterocycles. The normalized spacial score (nSPS) is 14.3. The van der Waals surface area contributed by atoms with Crippen LogP contribution < -0.4 is 33.6 Å². The summed E-state index contributed by atoms with van der Waals surface area (Å²) in [5, 5.41) is 4.93. The first kappa shape index (κ1) is 19.8. The standard InChI is InChI=1S/C12H25N7O3/c1-7(18-11(22)9(14)5-13)10(21)19-8(6-20)3-2-4-17-12(15)16/h6-9H,2-5,13-14H2,1H3,(H,18,22)(H,19,21)(H4,15,16,17)/t7-,8-,9?/m0/s1. The number of carbonyl (C=O) groups is 3. The van der Waals surface area contributed by atoms with Gasteiger partial charge in [-0.25, -0.2) is 0 Å². The van der Waals surface area contributed by atoms with Crippen molar-refractivity contribution in [2.24, 2.45) is 27.9 Å². The molecule has 0 heterocycles. The summed E-state index contributed by atoms with van der Waals surface area (Å²) >= 11 is 0. The van der Waals surface area contributed by atoms with Gasteiger partial charge in [-0.2, -0.15) is 0 Å². The summed E-state index contributed by atoms with van der Waals surface area (Å²) in [5.41, 5.74) is 21.0. The number of aliphatic imine (C=N–C) groups is 1. The minimum absolute atomic E-state index is 0.0259. The van der Waals surface area contributed by atoms with E-state index in [0.29, 0.717) is 25.7 Å². The molecule has 10 heteroatoms. The van der Waals surface area contributed by atoms with Crippen LogP contribution in [0.3, 0.4) is 0 Å². The predicted molar refractivity (Wildman–Crippen MR) is 82.5 cm³/mol. The van der Waals surface area contributed by atoms with Crippen molar-refractivity contribution >= 4 is 24.1 Å². The minimum atomic E-state index is -0.878. The molecule has 126 valence electrons. The summed E-state index contributed by atoms with van der Waals surface area (Å²) in [6.45, 7) is 1.82.